The van der Waals surface area contributed by atoms with E-state index in [4.69, 9.17) is 0 Å². The Labute approximate surface area is 184 Å². The molecule has 0 saturated carbocycles. The SMILES string of the molecule is Cc1ccc(-n2nnnc2SC(C)C(=O)Nc2ccc([N+](=O)[O-])cc2C(F)(F)F)cc1C. The molecular weight excluding hydrogens is 449 g/mol. The molecular formula is C19H17F3N6O3S. The van der Waals surface area contributed by atoms with Gasteiger partial charge in [-0.05, 0) is 60.5 Å². The van der Waals surface area contributed by atoms with E-state index in [9.17, 15) is 28.1 Å². The predicted octanol–water partition coefficient (Wildman–Crippen LogP) is 4.33. The van der Waals surface area contributed by atoms with Gasteiger partial charge in [-0.1, -0.05) is 17.8 Å². The van der Waals surface area contributed by atoms with Crippen LogP contribution in [0.5, 0.6) is 0 Å². The molecule has 32 heavy (non-hydrogen) atoms. The number of aromatic nitrogens is 4. The van der Waals surface area contributed by atoms with E-state index < -0.39 is 39.2 Å². The zero-order valence-electron chi connectivity index (χ0n) is 17.0. The lowest BCUT2D eigenvalue weighted by atomic mass is 10.1. The summed E-state index contributed by atoms with van der Waals surface area (Å²) in [6, 6.07) is 7.70. The summed E-state index contributed by atoms with van der Waals surface area (Å²) >= 11 is 0.956. The molecule has 0 aliphatic rings. The van der Waals surface area contributed by atoms with E-state index in [0.29, 0.717) is 11.8 Å². The van der Waals surface area contributed by atoms with Crippen LogP contribution in [0.2, 0.25) is 0 Å². The number of amides is 1. The van der Waals surface area contributed by atoms with Gasteiger partial charge < -0.3 is 5.32 Å². The first-order chi connectivity index (χ1) is 15.0. The van der Waals surface area contributed by atoms with Crippen molar-refractivity contribution in [3.8, 4) is 5.69 Å². The number of rotatable bonds is 6. The van der Waals surface area contributed by atoms with Crippen LogP contribution >= 0.6 is 11.8 Å². The summed E-state index contributed by atoms with van der Waals surface area (Å²) < 4.78 is 41.4. The molecule has 13 heteroatoms. The van der Waals surface area contributed by atoms with Crippen LogP contribution in [-0.4, -0.2) is 36.3 Å². The van der Waals surface area contributed by atoms with E-state index in [1.165, 1.54) is 11.6 Å². The van der Waals surface area contributed by atoms with Gasteiger partial charge in [-0.15, -0.1) is 5.10 Å². The van der Waals surface area contributed by atoms with Gasteiger partial charge in [-0.2, -0.15) is 17.9 Å². The van der Waals surface area contributed by atoms with Crippen molar-refractivity contribution >= 4 is 29.0 Å². The zero-order valence-corrected chi connectivity index (χ0v) is 17.9. The Morgan fingerprint density at radius 2 is 1.91 bits per heavy atom. The molecule has 9 nitrogen and oxygen atoms in total. The van der Waals surface area contributed by atoms with Crippen molar-refractivity contribution in [3.05, 3.63) is 63.2 Å². The van der Waals surface area contributed by atoms with Gasteiger partial charge in [0.05, 0.1) is 27.1 Å². The number of nitrogens with zero attached hydrogens (tertiary/aromatic N) is 5. The van der Waals surface area contributed by atoms with Gasteiger partial charge in [0.15, 0.2) is 0 Å². The summed E-state index contributed by atoms with van der Waals surface area (Å²) in [5, 5.41) is 23.8. The summed E-state index contributed by atoms with van der Waals surface area (Å²) in [4.78, 5) is 22.4. The summed E-state index contributed by atoms with van der Waals surface area (Å²) in [7, 11) is 0. The number of anilines is 1. The van der Waals surface area contributed by atoms with E-state index in [1.807, 2.05) is 26.0 Å². The number of carbonyl (C=O) groups is 1. The number of halogens is 3. The van der Waals surface area contributed by atoms with Gasteiger partial charge in [0, 0.05) is 12.1 Å². The first-order valence-electron chi connectivity index (χ1n) is 9.16. The molecule has 1 aromatic heterocycles. The van der Waals surface area contributed by atoms with Crippen molar-refractivity contribution in [3.63, 3.8) is 0 Å². The summed E-state index contributed by atoms with van der Waals surface area (Å²) in [6.07, 6.45) is -4.89. The number of thioether (sulfide) groups is 1. The molecule has 0 saturated heterocycles. The molecule has 0 spiro atoms. The first kappa shape index (κ1) is 23.2. The maximum absolute atomic E-state index is 13.3. The van der Waals surface area contributed by atoms with E-state index in [2.05, 4.69) is 20.8 Å². The number of nitro groups is 1. The number of nitro benzene ring substituents is 1. The molecule has 0 bridgehead atoms. The summed E-state index contributed by atoms with van der Waals surface area (Å²) in [6.45, 7) is 5.36. The van der Waals surface area contributed by atoms with Crippen molar-refractivity contribution in [2.24, 2.45) is 0 Å². The van der Waals surface area contributed by atoms with E-state index in [0.717, 1.165) is 35.0 Å². The lowest BCUT2D eigenvalue weighted by Crippen LogP contribution is -2.24. The smallest absolute Gasteiger partial charge is 0.325 e. The molecule has 0 aliphatic heterocycles. The number of hydrogen-bond acceptors (Lipinski definition) is 7. The third-order valence-corrected chi connectivity index (χ3v) is 5.64. The topological polar surface area (TPSA) is 116 Å². The fraction of sp³-hybridized carbons (Fsp3) is 0.263. The van der Waals surface area contributed by atoms with Gasteiger partial charge >= 0.3 is 6.18 Å². The highest BCUT2D eigenvalue weighted by Crippen LogP contribution is 2.37. The minimum atomic E-state index is -4.89. The monoisotopic (exact) mass is 466 g/mol. The first-order valence-corrected chi connectivity index (χ1v) is 10.0. The van der Waals surface area contributed by atoms with Crippen molar-refractivity contribution < 1.29 is 22.9 Å². The highest BCUT2D eigenvalue weighted by Gasteiger charge is 2.36. The van der Waals surface area contributed by atoms with Crippen LogP contribution in [0.1, 0.15) is 23.6 Å². The van der Waals surface area contributed by atoms with Crippen LogP contribution in [0, 0.1) is 24.0 Å². The molecule has 1 heterocycles. The van der Waals surface area contributed by atoms with Crippen molar-refractivity contribution in [2.45, 2.75) is 37.4 Å². The Balaban J connectivity index is 1.80. The normalized spacial score (nSPS) is 12.4. The van der Waals surface area contributed by atoms with E-state index >= 15 is 0 Å². The highest BCUT2D eigenvalue weighted by molar-refractivity contribution is 8.00. The maximum atomic E-state index is 13.3. The Morgan fingerprint density at radius 3 is 2.53 bits per heavy atom. The molecule has 0 fully saturated rings. The lowest BCUT2D eigenvalue weighted by molar-refractivity contribution is -0.385. The minimum absolute atomic E-state index is 0.274. The van der Waals surface area contributed by atoms with Gasteiger partial charge in [0.25, 0.3) is 5.69 Å². The van der Waals surface area contributed by atoms with Crippen LogP contribution < -0.4 is 5.32 Å². The number of tetrazole rings is 1. The molecule has 0 aliphatic carbocycles. The molecule has 2 aromatic carbocycles. The van der Waals surface area contributed by atoms with Crippen LogP contribution in [0.25, 0.3) is 5.69 Å². The number of hydrogen-bond donors (Lipinski definition) is 1. The second kappa shape index (κ2) is 8.94. The van der Waals surface area contributed by atoms with Crippen LogP contribution in [0.3, 0.4) is 0 Å². The van der Waals surface area contributed by atoms with Crippen molar-refractivity contribution in [1.29, 1.82) is 0 Å². The highest BCUT2D eigenvalue weighted by atomic mass is 32.2. The third-order valence-electron chi connectivity index (χ3n) is 4.60. The Kier molecular flexibility index (Phi) is 6.48. The molecule has 1 N–H and O–H groups in total. The van der Waals surface area contributed by atoms with Crippen LogP contribution in [-0.2, 0) is 11.0 Å². The second-order valence-electron chi connectivity index (χ2n) is 6.88. The number of non-ortho nitro benzene ring substituents is 1. The van der Waals surface area contributed by atoms with Crippen molar-refractivity contribution in [2.75, 3.05) is 5.32 Å². The molecule has 3 aromatic rings. The fourth-order valence-corrected chi connectivity index (χ4v) is 3.51. The molecule has 1 unspecified atom stereocenters. The van der Waals surface area contributed by atoms with Gasteiger partial charge in [0.1, 0.15) is 0 Å². The largest absolute Gasteiger partial charge is 0.418 e. The Hall–Kier alpha value is -3.48. The predicted molar refractivity (Wildman–Crippen MR) is 111 cm³/mol. The molecule has 1 atom stereocenters. The number of benzene rings is 2. The Bertz CT molecular complexity index is 1180. The third kappa shape index (κ3) is 5.04. The number of carbonyl (C=O) groups excluding carboxylic acids is 1. The number of nitrogens with one attached hydrogen (secondary N) is 1. The standard InChI is InChI=1S/C19H17F3N6O3S/c1-10-4-5-13(8-11(10)2)27-18(24-25-26-27)32-12(3)17(29)23-16-7-6-14(28(30)31)9-15(16)19(20,21)22/h4-9,12H,1-3H3,(H,23,29). The van der Waals surface area contributed by atoms with Gasteiger partial charge in [-0.25, -0.2) is 0 Å². The molecule has 0 radical (unpaired) electrons. The van der Waals surface area contributed by atoms with E-state index in [-0.39, 0.29) is 5.16 Å². The van der Waals surface area contributed by atoms with Crippen molar-refractivity contribution in [1.82, 2.24) is 20.2 Å². The summed E-state index contributed by atoms with van der Waals surface area (Å²) in [5.41, 5.74) is 0.143. The van der Waals surface area contributed by atoms with Crippen LogP contribution in [0.4, 0.5) is 24.5 Å². The number of alkyl halides is 3. The summed E-state index contributed by atoms with van der Waals surface area (Å²) in [5.74, 6) is -0.746. The fourth-order valence-electron chi connectivity index (χ4n) is 2.71. The zero-order chi connectivity index (χ0) is 23.6. The minimum Gasteiger partial charge on any atom is -0.325 e. The van der Waals surface area contributed by atoms with Gasteiger partial charge in [-0.3, -0.25) is 14.9 Å². The quantitative estimate of drug-likeness (QED) is 0.327. The second-order valence-corrected chi connectivity index (χ2v) is 8.18. The van der Waals surface area contributed by atoms with Gasteiger partial charge in [0.2, 0.25) is 11.1 Å². The number of aryl methyl sites for hydroxylation is 2. The average Bonchev–Trinajstić information content (AvgIpc) is 3.17. The Morgan fingerprint density at radius 1 is 1.19 bits per heavy atom. The van der Waals surface area contributed by atoms with Crippen LogP contribution in [0.15, 0.2) is 41.6 Å². The van der Waals surface area contributed by atoms with E-state index in [1.54, 1.807) is 6.07 Å². The molecule has 3 rings (SSSR count). The lowest BCUT2D eigenvalue weighted by Gasteiger charge is -2.16. The molecule has 1 amide bonds. The average molecular weight is 466 g/mol. The maximum Gasteiger partial charge on any atom is 0.418 e. The molecule has 168 valence electrons.